The Hall–Kier alpha value is -3.86. The van der Waals surface area contributed by atoms with Crippen molar-refractivity contribution in [3.05, 3.63) is 40.4 Å². The molecule has 14 heteroatoms. The standard InChI is InChI=1S/C30H26ClF3N6O3S/c31-19-8-17-24(23(34)22(19)16-2-3-20(33)25-21(16)18(10-35)26(36)44-25)37-29(38-27(17)39-7-4-14(11-39)28(41)42)43-13-30-5-1-6-40(30)12-15(32)9-30/h2-3,8,14-15H,1,4-7,9,11-13,36H2,(H,41,42)/t14?,15-,30+/m1/s1. The lowest BCUT2D eigenvalue weighted by atomic mass is 9.95. The zero-order valence-electron chi connectivity index (χ0n) is 23.2. The molecule has 3 saturated heterocycles. The first-order valence-corrected chi connectivity index (χ1v) is 15.4. The van der Waals surface area contributed by atoms with Gasteiger partial charge in [0, 0.05) is 42.4 Å². The first kappa shape index (κ1) is 28.9. The fourth-order valence-corrected chi connectivity index (χ4v) is 8.27. The number of nitrogen functional groups attached to an aromatic ring is 1. The van der Waals surface area contributed by atoms with Crippen LogP contribution in [-0.2, 0) is 4.79 Å². The molecule has 0 saturated carbocycles. The molecular formula is C30H26ClF3N6O3S. The molecule has 0 amide bonds. The van der Waals surface area contributed by atoms with Crippen molar-refractivity contribution in [2.24, 2.45) is 5.92 Å². The molecule has 3 aliphatic rings. The van der Waals surface area contributed by atoms with E-state index in [1.165, 1.54) is 12.1 Å². The van der Waals surface area contributed by atoms with Crippen LogP contribution in [0.4, 0.5) is 24.0 Å². The van der Waals surface area contributed by atoms with E-state index < -0.39 is 35.2 Å². The molecule has 5 heterocycles. The lowest BCUT2D eigenvalue weighted by Crippen LogP contribution is -2.43. The number of ether oxygens (including phenoxy) is 1. The quantitative estimate of drug-likeness (QED) is 0.270. The first-order valence-electron chi connectivity index (χ1n) is 14.2. The Labute approximate surface area is 258 Å². The molecule has 2 aromatic heterocycles. The average Bonchev–Trinajstić information content (AvgIpc) is 3.75. The van der Waals surface area contributed by atoms with Crippen LogP contribution in [0.5, 0.6) is 6.01 Å². The van der Waals surface area contributed by atoms with Crippen molar-refractivity contribution in [3.63, 3.8) is 0 Å². The van der Waals surface area contributed by atoms with Gasteiger partial charge in [0.15, 0.2) is 5.82 Å². The van der Waals surface area contributed by atoms with Crippen molar-refractivity contribution in [2.45, 2.75) is 37.4 Å². The van der Waals surface area contributed by atoms with Gasteiger partial charge in [-0.15, -0.1) is 11.3 Å². The number of hydrogen-bond acceptors (Lipinski definition) is 9. The Morgan fingerprint density at radius 3 is 2.86 bits per heavy atom. The maximum Gasteiger partial charge on any atom is 0.319 e. The molecule has 3 atom stereocenters. The SMILES string of the molecule is N#Cc1c(N)sc2c(F)ccc(-c3c(Cl)cc4c(N5CCC(C(=O)O)C5)nc(OC[C@@]56CCCN5C[C@H](F)C6)nc4c3F)c12. The summed E-state index contributed by atoms with van der Waals surface area (Å²) in [5.74, 6) is -2.78. The summed E-state index contributed by atoms with van der Waals surface area (Å²) in [6, 6.07) is 5.85. The van der Waals surface area contributed by atoms with Crippen LogP contribution in [0.3, 0.4) is 0 Å². The van der Waals surface area contributed by atoms with E-state index in [1.807, 2.05) is 6.07 Å². The number of hydrogen-bond donors (Lipinski definition) is 2. The molecule has 0 spiro atoms. The number of benzene rings is 2. The number of nitrogens with zero attached hydrogens (tertiary/aromatic N) is 5. The van der Waals surface area contributed by atoms with Gasteiger partial charge >= 0.3 is 12.0 Å². The van der Waals surface area contributed by atoms with Gasteiger partial charge in [-0.25, -0.2) is 13.2 Å². The van der Waals surface area contributed by atoms with Crippen LogP contribution < -0.4 is 15.4 Å². The normalized spacial score (nSPS) is 23.5. The summed E-state index contributed by atoms with van der Waals surface area (Å²) in [6.45, 7) is 1.69. The van der Waals surface area contributed by atoms with Crippen LogP contribution in [-0.4, -0.2) is 70.4 Å². The predicted octanol–water partition coefficient (Wildman–Crippen LogP) is 5.76. The number of carboxylic acid groups (broad SMARTS) is 1. The van der Waals surface area contributed by atoms with Gasteiger partial charge in [0.25, 0.3) is 0 Å². The Morgan fingerprint density at radius 1 is 1.30 bits per heavy atom. The van der Waals surface area contributed by atoms with Gasteiger partial charge in [-0.2, -0.15) is 15.2 Å². The van der Waals surface area contributed by atoms with Crippen LogP contribution in [0.1, 0.15) is 31.2 Å². The van der Waals surface area contributed by atoms with Crippen LogP contribution in [0, 0.1) is 28.9 Å². The smallest absolute Gasteiger partial charge is 0.319 e. The van der Waals surface area contributed by atoms with Gasteiger partial charge in [-0.3, -0.25) is 9.69 Å². The number of carboxylic acids is 1. The Bertz CT molecular complexity index is 1900. The summed E-state index contributed by atoms with van der Waals surface area (Å²) < 4.78 is 52.1. The Kier molecular flexibility index (Phi) is 6.99. The van der Waals surface area contributed by atoms with E-state index in [4.69, 9.17) is 22.1 Å². The third kappa shape index (κ3) is 4.50. The highest BCUT2D eigenvalue weighted by atomic mass is 35.5. The number of halogens is 4. The number of nitriles is 1. The zero-order chi connectivity index (χ0) is 30.9. The number of rotatable bonds is 6. The average molecular weight is 643 g/mol. The predicted molar refractivity (Wildman–Crippen MR) is 161 cm³/mol. The largest absolute Gasteiger partial charge is 0.481 e. The lowest BCUT2D eigenvalue weighted by molar-refractivity contribution is -0.140. The first-order chi connectivity index (χ1) is 21.1. The van der Waals surface area contributed by atoms with Crippen LogP contribution in [0.2, 0.25) is 5.02 Å². The molecule has 3 aliphatic heterocycles. The number of alkyl halides is 1. The molecule has 0 bridgehead atoms. The molecule has 228 valence electrons. The van der Waals surface area contributed by atoms with Gasteiger partial charge in [0.2, 0.25) is 0 Å². The van der Waals surface area contributed by atoms with E-state index >= 15 is 4.39 Å². The second-order valence-corrected chi connectivity index (χ2v) is 13.1. The maximum absolute atomic E-state index is 16.7. The van der Waals surface area contributed by atoms with Crippen LogP contribution >= 0.6 is 22.9 Å². The Morgan fingerprint density at radius 2 is 2.11 bits per heavy atom. The highest BCUT2D eigenvalue weighted by molar-refractivity contribution is 7.23. The van der Waals surface area contributed by atoms with Gasteiger partial charge in [0.1, 0.15) is 41.0 Å². The van der Waals surface area contributed by atoms with E-state index in [2.05, 4.69) is 14.9 Å². The minimum absolute atomic E-state index is 0.0161. The molecule has 0 radical (unpaired) electrons. The number of fused-ring (bicyclic) bond motifs is 3. The molecular weight excluding hydrogens is 617 g/mol. The van der Waals surface area contributed by atoms with Crippen molar-refractivity contribution in [3.8, 4) is 23.2 Å². The topological polar surface area (TPSA) is 129 Å². The molecule has 1 unspecified atom stereocenters. The number of nitrogens with two attached hydrogens (primary N) is 1. The van der Waals surface area contributed by atoms with Crippen molar-refractivity contribution >= 4 is 60.7 Å². The summed E-state index contributed by atoms with van der Waals surface area (Å²) in [5.41, 5.74) is 5.45. The van der Waals surface area contributed by atoms with E-state index in [-0.39, 0.29) is 72.7 Å². The molecule has 9 nitrogen and oxygen atoms in total. The van der Waals surface area contributed by atoms with Crippen LogP contribution in [0.25, 0.3) is 32.1 Å². The minimum atomic E-state index is -0.969. The molecule has 3 fully saturated rings. The third-order valence-electron chi connectivity index (χ3n) is 9.11. The van der Waals surface area contributed by atoms with Crippen molar-refractivity contribution in [1.29, 1.82) is 5.26 Å². The molecule has 44 heavy (non-hydrogen) atoms. The fraction of sp³-hybridized carbons (Fsp3) is 0.400. The van der Waals surface area contributed by atoms with Crippen molar-refractivity contribution in [2.75, 3.05) is 43.4 Å². The minimum Gasteiger partial charge on any atom is -0.481 e. The summed E-state index contributed by atoms with van der Waals surface area (Å²) >= 11 is 7.61. The molecule has 4 aromatic rings. The van der Waals surface area contributed by atoms with Crippen LogP contribution in [0.15, 0.2) is 18.2 Å². The second kappa shape index (κ2) is 10.6. The summed E-state index contributed by atoms with van der Waals surface area (Å²) in [5, 5.41) is 19.8. The third-order valence-corrected chi connectivity index (χ3v) is 10.4. The van der Waals surface area contributed by atoms with Gasteiger partial charge < -0.3 is 20.5 Å². The van der Waals surface area contributed by atoms with E-state index in [0.29, 0.717) is 25.9 Å². The fourth-order valence-electron chi connectivity index (χ4n) is 7.02. The highest BCUT2D eigenvalue weighted by Gasteiger charge is 2.49. The van der Waals surface area contributed by atoms with Gasteiger partial charge in [0.05, 0.1) is 26.7 Å². The zero-order valence-corrected chi connectivity index (χ0v) is 24.8. The van der Waals surface area contributed by atoms with Gasteiger partial charge in [-0.05, 0) is 43.5 Å². The monoisotopic (exact) mass is 642 g/mol. The number of anilines is 2. The number of aliphatic carboxylic acids is 1. The van der Waals surface area contributed by atoms with E-state index in [9.17, 15) is 23.9 Å². The maximum atomic E-state index is 16.7. The summed E-state index contributed by atoms with van der Waals surface area (Å²) in [4.78, 5) is 24.6. The molecule has 2 aromatic carbocycles. The highest BCUT2D eigenvalue weighted by Crippen LogP contribution is 2.46. The van der Waals surface area contributed by atoms with Crippen molar-refractivity contribution in [1.82, 2.24) is 14.9 Å². The molecule has 0 aliphatic carbocycles. The van der Waals surface area contributed by atoms with Gasteiger partial charge in [-0.1, -0.05) is 17.7 Å². The molecule has 7 rings (SSSR count). The number of carbonyl (C=O) groups is 1. The summed E-state index contributed by atoms with van der Waals surface area (Å²) in [7, 11) is 0. The lowest BCUT2D eigenvalue weighted by Gasteiger charge is -2.31. The second-order valence-electron chi connectivity index (χ2n) is 11.7. The Balaban J connectivity index is 1.39. The number of thiophene rings is 1. The van der Waals surface area contributed by atoms with E-state index in [0.717, 1.165) is 36.8 Å². The molecule has 3 N–H and O–H groups in total. The van der Waals surface area contributed by atoms with Crippen molar-refractivity contribution < 1.29 is 27.8 Å². The van der Waals surface area contributed by atoms with E-state index in [1.54, 1.807) is 4.90 Å². The summed E-state index contributed by atoms with van der Waals surface area (Å²) in [6.07, 6.45) is 1.37. The number of aromatic nitrogens is 2.